The van der Waals surface area contributed by atoms with Gasteiger partial charge in [0.2, 0.25) is 0 Å². The largest absolute Gasteiger partial charge is 0.493 e. The summed E-state index contributed by atoms with van der Waals surface area (Å²) < 4.78 is 7.69. The zero-order valence-electron chi connectivity index (χ0n) is 12.0. The minimum absolute atomic E-state index is 0.423. The molecular weight excluding hydrogens is 252 g/mol. The average Bonchev–Trinajstić information content (AvgIpc) is 2.88. The predicted molar refractivity (Wildman–Crippen MR) is 78.5 cm³/mol. The van der Waals surface area contributed by atoms with Crippen molar-refractivity contribution >= 4 is 0 Å². The van der Waals surface area contributed by atoms with Crippen molar-refractivity contribution in [3.8, 4) is 5.75 Å². The molecule has 0 fully saturated rings. The van der Waals surface area contributed by atoms with Crippen molar-refractivity contribution in [1.82, 2.24) is 15.0 Å². The van der Waals surface area contributed by atoms with E-state index in [0.29, 0.717) is 13.2 Å². The second-order valence-corrected chi connectivity index (χ2v) is 4.68. The molecular formula is C15H22N4O. The van der Waals surface area contributed by atoms with E-state index >= 15 is 0 Å². The van der Waals surface area contributed by atoms with E-state index < -0.39 is 0 Å². The summed E-state index contributed by atoms with van der Waals surface area (Å²) in [4.78, 5) is 0. The molecule has 0 saturated carbocycles. The van der Waals surface area contributed by atoms with Gasteiger partial charge in [-0.2, -0.15) is 0 Å². The van der Waals surface area contributed by atoms with Gasteiger partial charge < -0.3 is 10.5 Å². The Morgan fingerprint density at radius 1 is 1.25 bits per heavy atom. The summed E-state index contributed by atoms with van der Waals surface area (Å²) in [6.07, 6.45) is 3.01. The van der Waals surface area contributed by atoms with Gasteiger partial charge in [-0.25, -0.2) is 4.68 Å². The number of nitrogens with zero attached hydrogens (tertiary/aromatic N) is 3. The maximum atomic E-state index is 5.73. The van der Waals surface area contributed by atoms with E-state index in [4.69, 9.17) is 10.5 Å². The van der Waals surface area contributed by atoms with Gasteiger partial charge in [-0.15, -0.1) is 5.10 Å². The van der Waals surface area contributed by atoms with Crippen molar-refractivity contribution in [2.24, 2.45) is 5.73 Å². The van der Waals surface area contributed by atoms with Crippen LogP contribution in [0.4, 0.5) is 0 Å². The molecule has 0 amide bonds. The van der Waals surface area contributed by atoms with Crippen molar-refractivity contribution in [2.75, 3.05) is 6.61 Å². The van der Waals surface area contributed by atoms with Gasteiger partial charge in [0, 0.05) is 19.5 Å². The zero-order chi connectivity index (χ0) is 14.2. The van der Waals surface area contributed by atoms with Gasteiger partial charge in [0.15, 0.2) is 0 Å². The molecule has 2 rings (SSSR count). The van der Waals surface area contributed by atoms with E-state index in [1.807, 2.05) is 35.0 Å². The molecule has 5 heteroatoms. The van der Waals surface area contributed by atoms with E-state index in [2.05, 4.69) is 17.2 Å². The summed E-state index contributed by atoms with van der Waals surface area (Å²) in [6.45, 7) is 4.09. The van der Waals surface area contributed by atoms with Crippen molar-refractivity contribution in [3.63, 3.8) is 0 Å². The summed E-state index contributed by atoms with van der Waals surface area (Å²) in [7, 11) is 0. The van der Waals surface area contributed by atoms with Gasteiger partial charge in [0.1, 0.15) is 5.75 Å². The number of hydrogen-bond acceptors (Lipinski definition) is 4. The minimum Gasteiger partial charge on any atom is -0.493 e. The fraction of sp³-hybridized carbons (Fsp3) is 0.467. The maximum Gasteiger partial charge on any atom is 0.119 e. The van der Waals surface area contributed by atoms with Crippen LogP contribution in [-0.2, 0) is 19.5 Å². The van der Waals surface area contributed by atoms with Crippen molar-refractivity contribution in [3.05, 3.63) is 41.7 Å². The van der Waals surface area contributed by atoms with Crippen LogP contribution >= 0.6 is 0 Å². The van der Waals surface area contributed by atoms with Crippen LogP contribution in [0.3, 0.4) is 0 Å². The quantitative estimate of drug-likeness (QED) is 0.801. The molecule has 2 N–H and O–H groups in total. The van der Waals surface area contributed by atoms with Gasteiger partial charge in [-0.05, 0) is 18.6 Å². The SMILES string of the molecule is CCCCn1nnc(CN)c1CCOc1ccccc1. The zero-order valence-corrected chi connectivity index (χ0v) is 12.0. The summed E-state index contributed by atoms with van der Waals surface area (Å²) in [5.74, 6) is 0.884. The van der Waals surface area contributed by atoms with E-state index in [0.717, 1.165) is 42.9 Å². The first-order chi connectivity index (χ1) is 9.85. The minimum atomic E-state index is 0.423. The van der Waals surface area contributed by atoms with Gasteiger partial charge in [-0.1, -0.05) is 36.8 Å². The molecule has 0 unspecified atom stereocenters. The van der Waals surface area contributed by atoms with Crippen LogP contribution < -0.4 is 10.5 Å². The summed E-state index contributed by atoms with van der Waals surface area (Å²) >= 11 is 0. The fourth-order valence-electron chi connectivity index (χ4n) is 2.07. The van der Waals surface area contributed by atoms with Gasteiger partial charge in [0.25, 0.3) is 0 Å². The highest BCUT2D eigenvalue weighted by Gasteiger charge is 2.11. The number of rotatable bonds is 8. The van der Waals surface area contributed by atoms with E-state index in [9.17, 15) is 0 Å². The Labute approximate surface area is 119 Å². The molecule has 0 bridgehead atoms. The Kier molecular flexibility index (Phi) is 5.55. The first-order valence-corrected chi connectivity index (χ1v) is 7.14. The molecule has 0 atom stereocenters. The molecule has 0 aliphatic carbocycles. The number of nitrogens with two attached hydrogens (primary N) is 1. The number of ether oxygens (including phenoxy) is 1. The molecule has 108 valence electrons. The van der Waals surface area contributed by atoms with E-state index in [-0.39, 0.29) is 0 Å². The molecule has 1 aromatic heterocycles. The molecule has 0 radical (unpaired) electrons. The highest BCUT2D eigenvalue weighted by atomic mass is 16.5. The van der Waals surface area contributed by atoms with Gasteiger partial charge in [-0.3, -0.25) is 0 Å². The maximum absolute atomic E-state index is 5.73. The van der Waals surface area contributed by atoms with Gasteiger partial charge >= 0.3 is 0 Å². The Balaban J connectivity index is 1.95. The lowest BCUT2D eigenvalue weighted by Crippen LogP contribution is -2.12. The van der Waals surface area contributed by atoms with Crippen LogP contribution in [-0.4, -0.2) is 21.6 Å². The number of benzene rings is 1. The lowest BCUT2D eigenvalue weighted by atomic mass is 10.2. The molecule has 1 aromatic carbocycles. The first kappa shape index (κ1) is 14.5. The Hall–Kier alpha value is -1.88. The van der Waals surface area contributed by atoms with Crippen molar-refractivity contribution in [1.29, 1.82) is 0 Å². The summed E-state index contributed by atoms with van der Waals surface area (Å²) in [6, 6.07) is 9.82. The molecule has 0 spiro atoms. The van der Waals surface area contributed by atoms with Crippen molar-refractivity contribution in [2.45, 2.75) is 39.3 Å². The summed E-state index contributed by atoms with van der Waals surface area (Å²) in [5, 5.41) is 8.33. The molecule has 0 saturated heterocycles. The Morgan fingerprint density at radius 3 is 2.75 bits per heavy atom. The number of aromatic nitrogens is 3. The van der Waals surface area contributed by atoms with Crippen molar-refractivity contribution < 1.29 is 4.74 Å². The average molecular weight is 274 g/mol. The van der Waals surface area contributed by atoms with Crippen LogP contribution in [0.25, 0.3) is 0 Å². The van der Waals surface area contributed by atoms with Gasteiger partial charge in [0.05, 0.1) is 18.0 Å². The Morgan fingerprint density at radius 2 is 2.05 bits per heavy atom. The number of unbranched alkanes of at least 4 members (excludes halogenated alkanes) is 1. The monoisotopic (exact) mass is 274 g/mol. The number of hydrogen-bond donors (Lipinski definition) is 1. The molecule has 5 nitrogen and oxygen atoms in total. The topological polar surface area (TPSA) is 66.0 Å². The molecule has 1 heterocycles. The fourth-order valence-corrected chi connectivity index (χ4v) is 2.07. The summed E-state index contributed by atoms with van der Waals surface area (Å²) in [5.41, 5.74) is 7.69. The van der Waals surface area contributed by atoms with Crippen LogP contribution in [0, 0.1) is 0 Å². The predicted octanol–water partition coefficient (Wildman–Crippen LogP) is 2.16. The van der Waals surface area contributed by atoms with E-state index in [1.165, 1.54) is 0 Å². The second kappa shape index (κ2) is 7.65. The Bertz CT molecular complexity index is 510. The van der Waals surface area contributed by atoms with Crippen LogP contribution in [0.1, 0.15) is 31.2 Å². The molecule has 20 heavy (non-hydrogen) atoms. The third-order valence-electron chi connectivity index (χ3n) is 3.19. The smallest absolute Gasteiger partial charge is 0.119 e. The second-order valence-electron chi connectivity index (χ2n) is 4.68. The lowest BCUT2D eigenvalue weighted by Gasteiger charge is -2.09. The van der Waals surface area contributed by atoms with Crippen LogP contribution in [0.15, 0.2) is 30.3 Å². The number of para-hydroxylation sites is 1. The molecule has 0 aliphatic heterocycles. The highest BCUT2D eigenvalue weighted by Crippen LogP contribution is 2.11. The van der Waals surface area contributed by atoms with E-state index in [1.54, 1.807) is 0 Å². The van der Waals surface area contributed by atoms with Crippen LogP contribution in [0.2, 0.25) is 0 Å². The van der Waals surface area contributed by atoms with Crippen LogP contribution in [0.5, 0.6) is 5.75 Å². The lowest BCUT2D eigenvalue weighted by molar-refractivity contribution is 0.316. The normalized spacial score (nSPS) is 10.7. The third-order valence-corrected chi connectivity index (χ3v) is 3.19. The first-order valence-electron chi connectivity index (χ1n) is 7.14. The molecule has 0 aliphatic rings. The highest BCUT2D eigenvalue weighted by molar-refractivity contribution is 5.21. The standard InChI is InChI=1S/C15H22N4O/c1-2-3-10-19-15(14(12-16)17-18-19)9-11-20-13-7-5-4-6-8-13/h4-8H,2-3,9-12,16H2,1H3. The molecule has 2 aromatic rings. The third kappa shape index (κ3) is 3.81. The number of aryl methyl sites for hydroxylation is 1.